The zero-order valence-corrected chi connectivity index (χ0v) is 15.6. The molecule has 1 saturated heterocycles. The Bertz CT molecular complexity index is 916. The number of nitrogens with zero attached hydrogens (tertiary/aromatic N) is 3. The number of benzene rings is 1. The van der Waals surface area contributed by atoms with Gasteiger partial charge in [0.2, 0.25) is 0 Å². The van der Waals surface area contributed by atoms with Crippen molar-refractivity contribution in [3.05, 3.63) is 46.5 Å². The summed E-state index contributed by atoms with van der Waals surface area (Å²) in [5.74, 6) is 0.179. The van der Waals surface area contributed by atoms with Gasteiger partial charge in [0, 0.05) is 18.5 Å². The Morgan fingerprint density at radius 2 is 1.84 bits per heavy atom. The minimum atomic E-state index is 0.179. The molecule has 130 valence electrons. The lowest BCUT2D eigenvalue weighted by atomic mass is 10.2. The third-order valence-corrected chi connectivity index (χ3v) is 5.99. The standard InChI is InChI=1S/C20H23N3OS/c1-14-8-7-9-16(12-14)23-20-17(15(2)21-23)13-18(25-20)19(24)22-10-5-3-4-6-11-22/h7-9,12-13H,3-6,10-11H2,1-2H3. The van der Waals surface area contributed by atoms with Gasteiger partial charge in [-0.1, -0.05) is 25.0 Å². The van der Waals surface area contributed by atoms with E-state index in [0.29, 0.717) is 0 Å². The zero-order chi connectivity index (χ0) is 17.4. The Hall–Kier alpha value is -2.14. The van der Waals surface area contributed by atoms with Gasteiger partial charge in [0.1, 0.15) is 4.83 Å². The van der Waals surface area contributed by atoms with Crippen molar-refractivity contribution in [3.63, 3.8) is 0 Å². The minimum Gasteiger partial charge on any atom is -0.338 e. The summed E-state index contributed by atoms with van der Waals surface area (Å²) >= 11 is 1.56. The predicted molar refractivity (Wildman–Crippen MR) is 103 cm³/mol. The molecular weight excluding hydrogens is 330 g/mol. The topological polar surface area (TPSA) is 38.1 Å². The summed E-state index contributed by atoms with van der Waals surface area (Å²) in [7, 11) is 0. The molecule has 25 heavy (non-hydrogen) atoms. The van der Waals surface area contributed by atoms with E-state index in [2.05, 4.69) is 25.1 Å². The van der Waals surface area contributed by atoms with E-state index in [0.717, 1.165) is 52.4 Å². The van der Waals surface area contributed by atoms with Gasteiger partial charge in [0.15, 0.2) is 0 Å². The van der Waals surface area contributed by atoms with Crippen LogP contribution in [0.15, 0.2) is 30.3 Å². The maximum absolute atomic E-state index is 12.9. The first-order chi connectivity index (χ1) is 12.1. The lowest BCUT2D eigenvalue weighted by Crippen LogP contribution is -2.31. The molecule has 1 aromatic carbocycles. The lowest BCUT2D eigenvalue weighted by Gasteiger charge is -2.19. The van der Waals surface area contributed by atoms with Crippen LogP contribution in [0.3, 0.4) is 0 Å². The maximum atomic E-state index is 12.9. The molecule has 0 bridgehead atoms. The molecular formula is C20H23N3OS. The molecule has 1 aliphatic heterocycles. The van der Waals surface area contributed by atoms with Crippen molar-refractivity contribution >= 4 is 27.5 Å². The summed E-state index contributed by atoms with van der Waals surface area (Å²) in [6.45, 7) is 5.87. The molecule has 1 fully saturated rings. The fourth-order valence-electron chi connectivity index (χ4n) is 3.52. The van der Waals surface area contributed by atoms with Crippen molar-refractivity contribution in [2.75, 3.05) is 13.1 Å². The van der Waals surface area contributed by atoms with Gasteiger partial charge < -0.3 is 4.90 Å². The van der Waals surface area contributed by atoms with Crippen molar-refractivity contribution in [1.29, 1.82) is 0 Å². The second kappa shape index (κ2) is 6.64. The summed E-state index contributed by atoms with van der Waals surface area (Å²) in [5.41, 5.74) is 3.23. The molecule has 0 spiro atoms. The van der Waals surface area contributed by atoms with Crippen LogP contribution in [-0.4, -0.2) is 33.7 Å². The molecule has 3 aromatic rings. The van der Waals surface area contributed by atoms with Crippen LogP contribution in [0.5, 0.6) is 0 Å². The molecule has 0 unspecified atom stereocenters. The number of likely N-dealkylation sites (tertiary alicyclic amines) is 1. The van der Waals surface area contributed by atoms with Crippen molar-refractivity contribution in [3.8, 4) is 5.69 Å². The first-order valence-electron chi connectivity index (χ1n) is 8.99. The zero-order valence-electron chi connectivity index (χ0n) is 14.8. The number of carbonyl (C=O) groups is 1. The molecule has 0 atom stereocenters. The van der Waals surface area contributed by atoms with Crippen LogP contribution in [0.1, 0.15) is 46.6 Å². The highest BCUT2D eigenvalue weighted by Gasteiger charge is 2.22. The highest BCUT2D eigenvalue weighted by Crippen LogP contribution is 2.31. The number of carbonyl (C=O) groups excluding carboxylic acids is 1. The van der Waals surface area contributed by atoms with Gasteiger partial charge in [0.05, 0.1) is 16.3 Å². The first-order valence-corrected chi connectivity index (χ1v) is 9.80. The molecule has 0 saturated carbocycles. The smallest absolute Gasteiger partial charge is 0.264 e. The van der Waals surface area contributed by atoms with Gasteiger partial charge in [-0.2, -0.15) is 5.10 Å². The SMILES string of the molecule is Cc1cccc(-n2nc(C)c3cc(C(=O)N4CCCCCC4)sc32)c1. The molecule has 4 rings (SSSR count). The molecule has 2 aromatic heterocycles. The predicted octanol–water partition coefficient (Wildman–Crippen LogP) is 4.72. The molecule has 4 nitrogen and oxygen atoms in total. The Morgan fingerprint density at radius 3 is 2.56 bits per heavy atom. The van der Waals surface area contributed by atoms with Crippen molar-refractivity contribution < 1.29 is 4.79 Å². The lowest BCUT2D eigenvalue weighted by molar-refractivity contribution is 0.0766. The van der Waals surface area contributed by atoms with E-state index >= 15 is 0 Å². The van der Waals surface area contributed by atoms with E-state index in [4.69, 9.17) is 5.10 Å². The summed E-state index contributed by atoms with van der Waals surface area (Å²) in [6.07, 6.45) is 4.70. The monoisotopic (exact) mass is 353 g/mol. The fraction of sp³-hybridized carbons (Fsp3) is 0.400. The Balaban J connectivity index is 1.73. The summed E-state index contributed by atoms with van der Waals surface area (Å²) in [6, 6.07) is 10.4. The van der Waals surface area contributed by atoms with Crippen LogP contribution >= 0.6 is 11.3 Å². The van der Waals surface area contributed by atoms with Crippen LogP contribution in [0.2, 0.25) is 0 Å². The normalized spacial score (nSPS) is 15.5. The van der Waals surface area contributed by atoms with Crippen LogP contribution in [-0.2, 0) is 0 Å². The first kappa shape index (κ1) is 16.3. The van der Waals surface area contributed by atoms with Gasteiger partial charge in [-0.05, 0) is 50.5 Å². The number of fused-ring (bicyclic) bond motifs is 1. The van der Waals surface area contributed by atoms with E-state index in [1.54, 1.807) is 11.3 Å². The Kier molecular flexibility index (Phi) is 4.34. The van der Waals surface area contributed by atoms with Crippen molar-refractivity contribution in [1.82, 2.24) is 14.7 Å². The number of hydrogen-bond donors (Lipinski definition) is 0. The average molecular weight is 353 g/mol. The second-order valence-corrected chi connectivity index (χ2v) is 7.90. The van der Waals surface area contributed by atoms with Gasteiger partial charge in [-0.15, -0.1) is 11.3 Å². The van der Waals surface area contributed by atoms with Gasteiger partial charge in [0.25, 0.3) is 5.91 Å². The highest BCUT2D eigenvalue weighted by molar-refractivity contribution is 7.20. The quantitative estimate of drug-likeness (QED) is 0.668. The largest absolute Gasteiger partial charge is 0.338 e. The Morgan fingerprint density at radius 1 is 1.08 bits per heavy atom. The number of rotatable bonds is 2. The van der Waals surface area contributed by atoms with E-state index in [1.807, 2.05) is 28.6 Å². The third kappa shape index (κ3) is 3.09. The molecule has 1 aliphatic rings. The van der Waals surface area contributed by atoms with Crippen LogP contribution in [0.25, 0.3) is 15.9 Å². The van der Waals surface area contributed by atoms with Gasteiger partial charge >= 0.3 is 0 Å². The molecule has 5 heteroatoms. The fourth-order valence-corrected chi connectivity index (χ4v) is 4.67. The molecule has 0 aliphatic carbocycles. The van der Waals surface area contributed by atoms with Crippen LogP contribution < -0.4 is 0 Å². The van der Waals surface area contributed by atoms with E-state index < -0.39 is 0 Å². The van der Waals surface area contributed by atoms with E-state index in [-0.39, 0.29) is 5.91 Å². The summed E-state index contributed by atoms with van der Waals surface area (Å²) < 4.78 is 1.97. The number of thiophene rings is 1. The summed E-state index contributed by atoms with van der Waals surface area (Å²) in [5, 5.41) is 5.78. The number of amides is 1. The van der Waals surface area contributed by atoms with Crippen molar-refractivity contribution in [2.45, 2.75) is 39.5 Å². The molecule has 1 amide bonds. The van der Waals surface area contributed by atoms with Crippen LogP contribution in [0, 0.1) is 13.8 Å². The minimum absolute atomic E-state index is 0.179. The maximum Gasteiger partial charge on any atom is 0.264 e. The van der Waals surface area contributed by atoms with Crippen molar-refractivity contribution in [2.24, 2.45) is 0 Å². The summed E-state index contributed by atoms with van der Waals surface area (Å²) in [4.78, 5) is 16.9. The third-order valence-electron chi connectivity index (χ3n) is 4.89. The van der Waals surface area contributed by atoms with Crippen LogP contribution in [0.4, 0.5) is 0 Å². The van der Waals surface area contributed by atoms with E-state index in [1.165, 1.54) is 18.4 Å². The van der Waals surface area contributed by atoms with Gasteiger partial charge in [-0.25, -0.2) is 4.68 Å². The average Bonchev–Trinajstić information content (AvgIpc) is 3.03. The number of aromatic nitrogens is 2. The highest BCUT2D eigenvalue weighted by atomic mass is 32.1. The van der Waals surface area contributed by atoms with E-state index in [9.17, 15) is 4.79 Å². The molecule has 3 heterocycles. The number of hydrogen-bond acceptors (Lipinski definition) is 3. The Labute approximate surface area is 152 Å². The van der Waals surface area contributed by atoms with Gasteiger partial charge in [-0.3, -0.25) is 4.79 Å². The second-order valence-electron chi connectivity index (χ2n) is 6.87. The number of aryl methyl sites for hydroxylation is 2. The molecule has 0 radical (unpaired) electrons. The molecule has 0 N–H and O–H groups in total.